The number of fused-ring (bicyclic) bond motifs is 3. The molecule has 1 aliphatic rings. The summed E-state index contributed by atoms with van der Waals surface area (Å²) in [4.78, 5) is 2.22. The van der Waals surface area contributed by atoms with Crippen molar-refractivity contribution in [3.05, 3.63) is 83.1 Å². The van der Waals surface area contributed by atoms with Gasteiger partial charge in [-0.2, -0.15) is 0 Å². The first-order valence-electron chi connectivity index (χ1n) is 9.60. The van der Waals surface area contributed by atoms with E-state index in [1.807, 2.05) is 12.1 Å². The van der Waals surface area contributed by atoms with Gasteiger partial charge >= 0.3 is 6.85 Å². The van der Waals surface area contributed by atoms with E-state index in [4.69, 9.17) is 4.42 Å². The SMILES string of the molecule is Cc1cc(B2C=c3c(oc4ccccc34)=CN2C)[n+](C)cc1-c1ccccc1. The van der Waals surface area contributed by atoms with E-state index < -0.39 is 0 Å². The summed E-state index contributed by atoms with van der Waals surface area (Å²) in [6.07, 6.45) is 4.35. The topological polar surface area (TPSA) is 20.3 Å². The minimum Gasteiger partial charge on any atom is -0.455 e. The first kappa shape index (κ1) is 16.9. The van der Waals surface area contributed by atoms with Crippen molar-refractivity contribution in [3.8, 4) is 11.1 Å². The van der Waals surface area contributed by atoms with Crippen LogP contribution in [0.5, 0.6) is 0 Å². The lowest BCUT2D eigenvalue weighted by Gasteiger charge is -2.21. The lowest BCUT2D eigenvalue weighted by Crippen LogP contribution is -2.61. The van der Waals surface area contributed by atoms with E-state index in [0.29, 0.717) is 0 Å². The van der Waals surface area contributed by atoms with Crippen LogP contribution in [0.15, 0.2) is 71.3 Å². The summed E-state index contributed by atoms with van der Waals surface area (Å²) < 4.78 is 8.28. The molecule has 0 unspecified atom stereocenters. The highest BCUT2D eigenvalue weighted by molar-refractivity contribution is 6.82. The van der Waals surface area contributed by atoms with Crippen molar-refractivity contribution in [2.24, 2.45) is 7.05 Å². The number of benzene rings is 2. The number of aromatic nitrogens is 1. The molecule has 136 valence electrons. The van der Waals surface area contributed by atoms with E-state index in [-0.39, 0.29) is 6.85 Å². The molecule has 4 heteroatoms. The molecule has 3 nitrogen and oxygen atoms in total. The van der Waals surface area contributed by atoms with Gasteiger partial charge in [0.15, 0.2) is 11.8 Å². The van der Waals surface area contributed by atoms with Crippen LogP contribution < -0.4 is 20.8 Å². The number of hydrogen-bond donors (Lipinski definition) is 0. The zero-order valence-corrected chi connectivity index (χ0v) is 16.4. The Kier molecular flexibility index (Phi) is 3.87. The Hall–Kier alpha value is -3.27. The minimum absolute atomic E-state index is 0.155. The summed E-state index contributed by atoms with van der Waals surface area (Å²) in [7, 11) is 4.24. The highest BCUT2D eigenvalue weighted by atomic mass is 16.3. The lowest BCUT2D eigenvalue weighted by molar-refractivity contribution is -0.653. The third-order valence-electron chi connectivity index (χ3n) is 5.65. The smallest absolute Gasteiger partial charge is 0.396 e. The highest BCUT2D eigenvalue weighted by Crippen LogP contribution is 2.20. The summed E-state index contributed by atoms with van der Waals surface area (Å²) in [5, 5.41) is 2.36. The molecule has 28 heavy (non-hydrogen) atoms. The van der Waals surface area contributed by atoms with Crippen LogP contribution in [-0.2, 0) is 7.05 Å². The standard InChI is InChI=1S/C24H22BN2O/c1-17-13-24(26(2)15-21(17)18-9-5-4-6-10-18)25-14-20-19-11-7-8-12-22(19)28-23(20)16-27(25)3/h4-16H,1-3H3/q+1. The average molecular weight is 365 g/mol. The predicted octanol–water partition coefficient (Wildman–Crippen LogP) is 2.13. The molecule has 5 rings (SSSR count). The Balaban J connectivity index is 1.66. The zero-order valence-electron chi connectivity index (χ0n) is 16.4. The maximum absolute atomic E-state index is 6.04. The molecule has 0 aliphatic carbocycles. The van der Waals surface area contributed by atoms with Gasteiger partial charge in [-0.15, -0.1) is 0 Å². The summed E-state index contributed by atoms with van der Waals surface area (Å²) in [5.74, 6) is 2.32. The molecule has 1 aliphatic heterocycles. The Morgan fingerprint density at radius 1 is 1.00 bits per heavy atom. The maximum Gasteiger partial charge on any atom is 0.396 e. The van der Waals surface area contributed by atoms with Crippen molar-refractivity contribution in [1.82, 2.24) is 4.81 Å². The minimum atomic E-state index is 0.155. The number of rotatable bonds is 2. The molecular formula is C24H22BN2O+. The van der Waals surface area contributed by atoms with E-state index in [0.717, 1.165) is 11.0 Å². The number of aryl methyl sites for hydroxylation is 2. The first-order valence-corrected chi connectivity index (χ1v) is 9.60. The number of nitrogens with zero attached hydrogens (tertiary/aromatic N) is 2. The Morgan fingerprint density at radius 3 is 2.57 bits per heavy atom. The normalized spacial score (nSPS) is 13.2. The van der Waals surface area contributed by atoms with E-state index in [1.54, 1.807) is 0 Å². The van der Waals surface area contributed by atoms with E-state index in [1.165, 1.54) is 32.9 Å². The van der Waals surface area contributed by atoms with Gasteiger partial charge in [-0.1, -0.05) is 54.5 Å². The van der Waals surface area contributed by atoms with E-state index in [2.05, 4.69) is 97.3 Å². The molecule has 0 spiro atoms. The molecule has 2 aromatic carbocycles. The maximum atomic E-state index is 6.04. The fraction of sp³-hybridized carbons (Fsp3) is 0.125. The molecule has 3 heterocycles. The van der Waals surface area contributed by atoms with Crippen LogP contribution in [0, 0.1) is 6.92 Å². The number of pyridine rings is 1. The van der Waals surface area contributed by atoms with Gasteiger partial charge in [-0.25, -0.2) is 4.57 Å². The number of hydrogen-bond acceptors (Lipinski definition) is 2. The van der Waals surface area contributed by atoms with Crippen LogP contribution in [0.3, 0.4) is 0 Å². The summed E-state index contributed by atoms with van der Waals surface area (Å²) in [5.41, 5.74) is 6.92. The number of furan rings is 1. The predicted molar refractivity (Wildman–Crippen MR) is 115 cm³/mol. The Morgan fingerprint density at radius 2 is 1.75 bits per heavy atom. The van der Waals surface area contributed by atoms with Crippen LogP contribution in [0.2, 0.25) is 0 Å². The van der Waals surface area contributed by atoms with E-state index in [9.17, 15) is 0 Å². The van der Waals surface area contributed by atoms with Gasteiger partial charge < -0.3 is 9.23 Å². The molecule has 2 aromatic heterocycles. The molecule has 0 saturated carbocycles. The van der Waals surface area contributed by atoms with Crippen LogP contribution in [0.25, 0.3) is 34.3 Å². The average Bonchev–Trinajstić information content (AvgIpc) is 3.07. The fourth-order valence-electron chi connectivity index (χ4n) is 4.17. The van der Waals surface area contributed by atoms with Gasteiger partial charge in [0.25, 0.3) is 0 Å². The van der Waals surface area contributed by atoms with Gasteiger partial charge in [0.1, 0.15) is 18.0 Å². The monoisotopic (exact) mass is 365 g/mol. The molecule has 0 amide bonds. The van der Waals surface area contributed by atoms with Crippen LogP contribution in [-0.4, -0.2) is 18.7 Å². The van der Waals surface area contributed by atoms with Crippen LogP contribution in [0.1, 0.15) is 5.56 Å². The second-order valence-corrected chi connectivity index (χ2v) is 7.55. The number of para-hydroxylation sites is 1. The van der Waals surface area contributed by atoms with Crippen LogP contribution >= 0.6 is 0 Å². The molecule has 0 saturated heterocycles. The van der Waals surface area contributed by atoms with Gasteiger partial charge in [0.2, 0.25) is 0 Å². The second kappa shape index (κ2) is 6.41. The van der Waals surface area contributed by atoms with Crippen LogP contribution in [0.4, 0.5) is 0 Å². The molecular weight excluding hydrogens is 343 g/mol. The van der Waals surface area contributed by atoms with Gasteiger partial charge in [0.05, 0.1) is 0 Å². The quantitative estimate of drug-likeness (QED) is 0.401. The molecule has 0 radical (unpaired) electrons. The van der Waals surface area contributed by atoms with Crippen molar-refractivity contribution >= 4 is 35.6 Å². The molecule has 0 bridgehead atoms. The Labute approximate surface area is 164 Å². The van der Waals surface area contributed by atoms with Crippen molar-refractivity contribution in [2.75, 3.05) is 7.05 Å². The van der Waals surface area contributed by atoms with Gasteiger partial charge in [0, 0.05) is 28.4 Å². The van der Waals surface area contributed by atoms with Gasteiger partial charge in [-0.3, -0.25) is 0 Å². The van der Waals surface area contributed by atoms with E-state index >= 15 is 0 Å². The van der Waals surface area contributed by atoms with Crippen molar-refractivity contribution < 1.29 is 8.98 Å². The Bertz CT molecular complexity index is 1310. The largest absolute Gasteiger partial charge is 0.455 e. The lowest BCUT2D eigenvalue weighted by atomic mass is 9.55. The van der Waals surface area contributed by atoms with Gasteiger partial charge in [-0.05, 0) is 31.2 Å². The molecule has 0 N–H and O–H groups in total. The van der Waals surface area contributed by atoms with Crippen molar-refractivity contribution in [3.63, 3.8) is 0 Å². The third kappa shape index (κ3) is 2.64. The van der Waals surface area contributed by atoms with Crippen molar-refractivity contribution in [2.45, 2.75) is 6.92 Å². The fourth-order valence-corrected chi connectivity index (χ4v) is 4.17. The highest BCUT2D eigenvalue weighted by Gasteiger charge is 2.31. The van der Waals surface area contributed by atoms with Crippen molar-refractivity contribution in [1.29, 1.82) is 0 Å². The molecule has 0 fully saturated rings. The summed E-state index contributed by atoms with van der Waals surface area (Å²) in [6.45, 7) is 2.35. The molecule has 0 atom stereocenters. The third-order valence-corrected chi connectivity index (χ3v) is 5.65. The first-order chi connectivity index (χ1) is 13.6. The zero-order chi connectivity index (χ0) is 19.3. The molecule has 4 aromatic rings. The second-order valence-electron chi connectivity index (χ2n) is 7.55. The summed E-state index contributed by atoms with van der Waals surface area (Å²) >= 11 is 0. The summed E-state index contributed by atoms with van der Waals surface area (Å²) in [6, 6.07) is 21.1.